The topological polar surface area (TPSA) is 79.3 Å². The minimum atomic E-state index is -0.779. The molecule has 196 valence electrons. The van der Waals surface area contributed by atoms with Gasteiger partial charge in [0.1, 0.15) is 16.9 Å². The molecular weight excluding hydrogens is 466 g/mol. The largest absolute Gasteiger partial charge is 0.447 e. The minimum Gasteiger partial charge on any atom is -0.447 e. The molecule has 1 aromatic rings. The van der Waals surface area contributed by atoms with E-state index in [1.807, 2.05) is 52.0 Å². The Morgan fingerprint density at radius 1 is 1.11 bits per heavy atom. The highest BCUT2D eigenvalue weighted by Gasteiger charge is 2.59. The Balaban J connectivity index is 1.62. The van der Waals surface area contributed by atoms with Gasteiger partial charge in [0.05, 0.1) is 19.1 Å². The summed E-state index contributed by atoms with van der Waals surface area (Å²) in [5, 5.41) is 0. The average molecular weight is 504 g/mol. The highest BCUT2D eigenvalue weighted by molar-refractivity contribution is 6.15. The van der Waals surface area contributed by atoms with Crippen LogP contribution in [-0.2, 0) is 19.7 Å². The number of anilines is 1. The minimum absolute atomic E-state index is 0.0515. The fraction of sp³-hybridized carbons (Fsp3) is 0.533. The first-order valence-electron chi connectivity index (χ1n) is 13.3. The first kappa shape index (κ1) is 26.7. The van der Waals surface area contributed by atoms with Gasteiger partial charge in [-0.3, -0.25) is 9.59 Å². The first-order valence-corrected chi connectivity index (χ1v) is 13.3. The molecule has 37 heavy (non-hydrogen) atoms. The van der Waals surface area contributed by atoms with E-state index in [1.165, 1.54) is 5.57 Å². The van der Waals surface area contributed by atoms with Crippen molar-refractivity contribution >= 4 is 29.2 Å². The third-order valence-corrected chi connectivity index (χ3v) is 7.31. The maximum absolute atomic E-state index is 13.9. The summed E-state index contributed by atoms with van der Waals surface area (Å²) in [6.07, 6.45) is 3.70. The van der Waals surface area contributed by atoms with Gasteiger partial charge in [0, 0.05) is 30.4 Å². The smallest absolute Gasteiger partial charge is 0.410 e. The summed E-state index contributed by atoms with van der Waals surface area (Å²) >= 11 is 0. The average Bonchev–Trinajstić information content (AvgIpc) is 3.06. The number of hydrogen-bond acceptors (Lipinski definition) is 5. The number of Topliss-reactive ketones (excluding diaryl/α,β-unsaturated/α-hetero) is 1. The van der Waals surface area contributed by atoms with Crippen molar-refractivity contribution in [1.29, 1.82) is 0 Å². The second-order valence-corrected chi connectivity index (χ2v) is 10.9. The van der Waals surface area contributed by atoms with Crippen LogP contribution < -0.4 is 4.90 Å². The number of hydrogen-bond donors (Lipinski definition) is 0. The summed E-state index contributed by atoms with van der Waals surface area (Å²) in [5.41, 5.74) is 3.84. The lowest BCUT2D eigenvalue weighted by Crippen LogP contribution is -2.65. The number of nitrogens with zero attached hydrogens (tertiary/aromatic N) is 3. The summed E-state index contributed by atoms with van der Waals surface area (Å²) < 4.78 is 5.34. The molecule has 0 N–H and O–H groups in total. The van der Waals surface area contributed by atoms with Gasteiger partial charge in [0.2, 0.25) is 5.91 Å². The molecule has 0 radical (unpaired) electrons. The van der Waals surface area contributed by atoms with Gasteiger partial charge in [0.25, 0.3) is 0 Å². The van der Waals surface area contributed by atoms with Crippen molar-refractivity contribution in [3.63, 3.8) is 0 Å². The number of benzene rings is 1. The molecule has 0 aromatic heterocycles. The van der Waals surface area contributed by atoms with Crippen LogP contribution in [0.1, 0.15) is 72.3 Å². The zero-order chi connectivity index (χ0) is 26.7. The molecule has 2 aliphatic heterocycles. The van der Waals surface area contributed by atoms with Crippen LogP contribution in [-0.4, -0.2) is 54.1 Å². The van der Waals surface area contributed by atoms with E-state index in [0.29, 0.717) is 5.71 Å². The van der Waals surface area contributed by atoms with Crippen LogP contribution in [0.2, 0.25) is 0 Å². The highest BCUT2D eigenvalue weighted by Crippen LogP contribution is 2.47. The second-order valence-electron chi connectivity index (χ2n) is 10.9. The van der Waals surface area contributed by atoms with E-state index in [-0.39, 0.29) is 49.8 Å². The number of ether oxygens (including phenoxy) is 1. The number of amides is 2. The molecule has 0 unspecified atom stereocenters. The lowest BCUT2D eigenvalue weighted by molar-refractivity contribution is -0.128. The molecule has 0 saturated carbocycles. The van der Waals surface area contributed by atoms with Crippen LogP contribution in [0.5, 0.6) is 0 Å². The molecular formula is C30H37N3O4. The number of carbonyl (C=O) groups is 3. The third kappa shape index (κ3) is 5.49. The van der Waals surface area contributed by atoms with E-state index in [9.17, 15) is 14.4 Å². The lowest BCUT2D eigenvalue weighted by Gasteiger charge is -2.46. The van der Waals surface area contributed by atoms with E-state index in [1.54, 1.807) is 9.80 Å². The molecule has 7 heteroatoms. The summed E-state index contributed by atoms with van der Waals surface area (Å²) in [4.78, 5) is 46.7. The van der Waals surface area contributed by atoms with Gasteiger partial charge in [0.15, 0.2) is 0 Å². The zero-order valence-corrected chi connectivity index (χ0v) is 22.6. The Bertz CT molecular complexity index is 1210. The molecule has 1 aliphatic carbocycles. The van der Waals surface area contributed by atoms with E-state index in [0.717, 1.165) is 42.6 Å². The predicted octanol–water partition coefficient (Wildman–Crippen LogP) is 5.04. The van der Waals surface area contributed by atoms with Crippen molar-refractivity contribution in [3.8, 4) is 11.8 Å². The van der Waals surface area contributed by atoms with Gasteiger partial charge in [-0.05, 0) is 64.0 Å². The van der Waals surface area contributed by atoms with Crippen LogP contribution in [0.25, 0.3) is 0 Å². The Kier molecular flexibility index (Phi) is 7.87. The molecule has 1 fully saturated rings. The quantitative estimate of drug-likeness (QED) is 0.402. The Morgan fingerprint density at radius 3 is 2.49 bits per heavy atom. The molecule has 1 saturated heterocycles. The lowest BCUT2D eigenvalue weighted by atomic mass is 9.75. The number of carbonyl (C=O) groups excluding carboxylic acids is 3. The molecule has 4 rings (SSSR count). The number of rotatable bonds is 6. The molecule has 3 aliphatic rings. The van der Waals surface area contributed by atoms with Gasteiger partial charge in [-0.2, -0.15) is 0 Å². The van der Waals surface area contributed by atoms with Crippen LogP contribution in [0.4, 0.5) is 10.5 Å². The third-order valence-electron chi connectivity index (χ3n) is 7.31. The van der Waals surface area contributed by atoms with Crippen molar-refractivity contribution < 1.29 is 19.1 Å². The zero-order valence-electron chi connectivity index (χ0n) is 22.6. The van der Waals surface area contributed by atoms with E-state index in [4.69, 9.17) is 9.73 Å². The number of likely N-dealkylation sites (tertiary alicyclic amines) is 1. The second kappa shape index (κ2) is 10.9. The van der Waals surface area contributed by atoms with Crippen molar-refractivity contribution in [2.75, 3.05) is 24.5 Å². The molecule has 1 spiro atoms. The van der Waals surface area contributed by atoms with Crippen LogP contribution in [0, 0.1) is 17.8 Å². The maximum atomic E-state index is 13.9. The maximum Gasteiger partial charge on any atom is 0.410 e. The summed E-state index contributed by atoms with van der Waals surface area (Å²) in [5.74, 6) is 6.10. The highest BCUT2D eigenvalue weighted by atomic mass is 16.6. The van der Waals surface area contributed by atoms with Crippen molar-refractivity contribution in [3.05, 3.63) is 41.1 Å². The van der Waals surface area contributed by atoms with Gasteiger partial charge in [-0.1, -0.05) is 43.5 Å². The van der Waals surface area contributed by atoms with Crippen molar-refractivity contribution in [1.82, 2.24) is 4.90 Å². The number of para-hydroxylation sites is 1. The Hall–Kier alpha value is -3.40. The molecule has 2 amide bonds. The number of fused-ring (bicyclic) bond motifs is 2. The number of ketones is 1. The summed E-state index contributed by atoms with van der Waals surface area (Å²) in [7, 11) is 0. The summed E-state index contributed by atoms with van der Waals surface area (Å²) in [6, 6.07) is 7.75. The van der Waals surface area contributed by atoms with Crippen LogP contribution in [0.15, 0.2) is 40.5 Å². The standard InChI is InChI=1S/C30H37N3O4/c1-20(2)27(34)16-10-12-23(31-25-14-8-6-11-22(25)5)17-33-26-15-9-7-13-24(26)30(28(33)35)18-32(19-30)29(36)37-21(3)4/h7,9,13,15,20-21H,6,8,11,14,16-19H2,1-5H3. The molecule has 0 atom stereocenters. The van der Waals surface area contributed by atoms with Gasteiger partial charge in [-0.25, -0.2) is 9.79 Å². The molecule has 7 nitrogen and oxygen atoms in total. The van der Waals surface area contributed by atoms with Gasteiger partial charge >= 0.3 is 6.09 Å². The fourth-order valence-electron chi connectivity index (χ4n) is 5.11. The van der Waals surface area contributed by atoms with Gasteiger partial charge < -0.3 is 14.5 Å². The van der Waals surface area contributed by atoms with E-state index < -0.39 is 11.5 Å². The Morgan fingerprint density at radius 2 is 1.81 bits per heavy atom. The number of allylic oxidation sites excluding steroid dienone is 2. The van der Waals surface area contributed by atoms with Crippen LogP contribution in [0.3, 0.4) is 0 Å². The van der Waals surface area contributed by atoms with Gasteiger partial charge in [-0.15, -0.1) is 0 Å². The fourth-order valence-corrected chi connectivity index (χ4v) is 5.11. The van der Waals surface area contributed by atoms with E-state index >= 15 is 0 Å². The molecule has 0 bridgehead atoms. The SMILES string of the molecule is CC1=C(N=C(C#CCC(=O)C(C)C)CN2C(=O)C3(CN(C(=O)OC(C)C)C3)c3ccccc32)CCCC1. The molecule has 2 heterocycles. The predicted molar refractivity (Wildman–Crippen MR) is 145 cm³/mol. The molecule has 1 aromatic carbocycles. The monoisotopic (exact) mass is 503 g/mol. The number of aliphatic imine (C=N–C) groups is 1. The van der Waals surface area contributed by atoms with Crippen molar-refractivity contribution in [2.24, 2.45) is 10.9 Å². The van der Waals surface area contributed by atoms with Crippen molar-refractivity contribution in [2.45, 2.75) is 78.2 Å². The first-order chi connectivity index (χ1) is 17.6. The van der Waals surface area contributed by atoms with Crippen LogP contribution >= 0.6 is 0 Å². The normalized spacial score (nSPS) is 18.7. The van der Waals surface area contributed by atoms with E-state index in [2.05, 4.69) is 18.8 Å². The Labute approximate surface area is 219 Å². The summed E-state index contributed by atoms with van der Waals surface area (Å²) in [6.45, 7) is 10.3.